The molecule has 4 aromatic rings. The number of hydrogen-bond donors (Lipinski definition) is 2. The molecule has 0 radical (unpaired) electrons. The zero-order chi connectivity index (χ0) is 25.9. The van der Waals surface area contributed by atoms with E-state index in [0.717, 1.165) is 23.4 Å². The van der Waals surface area contributed by atoms with Crippen molar-refractivity contribution in [2.75, 3.05) is 39.5 Å². The third-order valence-corrected chi connectivity index (χ3v) is 6.55. The molecule has 1 saturated heterocycles. The van der Waals surface area contributed by atoms with Crippen molar-refractivity contribution >= 4 is 22.6 Å². The van der Waals surface area contributed by atoms with Crippen LogP contribution in [-0.4, -0.2) is 64.2 Å². The van der Waals surface area contributed by atoms with E-state index in [0.29, 0.717) is 36.3 Å². The van der Waals surface area contributed by atoms with E-state index >= 15 is 0 Å². The van der Waals surface area contributed by atoms with E-state index in [1.165, 1.54) is 0 Å². The number of aromatic amines is 1. The topological polar surface area (TPSA) is 109 Å². The first-order valence-electron chi connectivity index (χ1n) is 12.2. The first-order chi connectivity index (χ1) is 17.9. The molecule has 1 fully saturated rings. The van der Waals surface area contributed by atoms with Gasteiger partial charge >= 0.3 is 0 Å². The molecule has 1 aliphatic rings. The number of rotatable bonds is 7. The number of carbonyl (C=O) groups is 1. The number of likely N-dealkylation sites (tertiary alicyclic amines) is 1. The van der Waals surface area contributed by atoms with Crippen LogP contribution in [0.2, 0.25) is 0 Å². The molecule has 5 rings (SSSR count). The molecule has 3 N–H and O–H groups in total. The molecule has 1 atom stereocenters. The Morgan fingerprint density at radius 3 is 2.62 bits per heavy atom. The molecule has 1 unspecified atom stereocenters. The Labute approximate surface area is 214 Å². The van der Waals surface area contributed by atoms with Crippen molar-refractivity contribution in [3.05, 3.63) is 88.9 Å². The number of amides is 1. The smallest absolute Gasteiger partial charge is 0.274 e. The molecule has 2 aromatic heterocycles. The van der Waals surface area contributed by atoms with Crippen LogP contribution in [0.4, 0.5) is 5.82 Å². The van der Waals surface area contributed by atoms with Gasteiger partial charge in [0.15, 0.2) is 5.82 Å². The first kappa shape index (κ1) is 24.3. The number of aromatic nitrogens is 3. The number of ether oxygens (including phenoxy) is 1. The molecular weight excluding hydrogens is 468 g/mol. The van der Waals surface area contributed by atoms with E-state index in [9.17, 15) is 9.59 Å². The molecule has 9 nitrogen and oxygen atoms in total. The zero-order valence-corrected chi connectivity index (χ0v) is 20.9. The highest BCUT2D eigenvalue weighted by Crippen LogP contribution is 2.35. The van der Waals surface area contributed by atoms with Crippen molar-refractivity contribution in [1.82, 2.24) is 24.6 Å². The maximum absolute atomic E-state index is 12.9. The number of nitrogens with zero attached hydrogens (tertiary/aromatic N) is 4. The fourth-order valence-corrected chi connectivity index (χ4v) is 4.73. The Bertz CT molecular complexity index is 1490. The lowest BCUT2D eigenvalue weighted by atomic mass is 9.99. The van der Waals surface area contributed by atoms with E-state index in [2.05, 4.69) is 10.2 Å². The standard InChI is InChI=1S/C28H30N6O3/c1-32(2)15-6-9-24(35)33-16-14-19(17-33)23-18-34(26-25(23)28(36)31-30-27(26)29)20-10-12-22(13-11-20)37-21-7-4-3-5-8-21/h3-13,18-19H,14-17H2,1-2H3,(H2,29,30)(H,31,36)/b9-6+. The Hall–Kier alpha value is -4.37. The van der Waals surface area contributed by atoms with Gasteiger partial charge in [0.25, 0.3) is 5.56 Å². The average Bonchev–Trinajstić information content (AvgIpc) is 3.53. The van der Waals surface area contributed by atoms with Crippen molar-refractivity contribution in [3.63, 3.8) is 0 Å². The second-order valence-corrected chi connectivity index (χ2v) is 9.46. The van der Waals surface area contributed by atoms with E-state index in [-0.39, 0.29) is 23.2 Å². The predicted octanol–water partition coefficient (Wildman–Crippen LogP) is 3.52. The molecule has 0 saturated carbocycles. The van der Waals surface area contributed by atoms with Gasteiger partial charge in [0, 0.05) is 43.5 Å². The monoisotopic (exact) mass is 498 g/mol. The van der Waals surface area contributed by atoms with Crippen LogP contribution in [0.25, 0.3) is 16.6 Å². The summed E-state index contributed by atoms with van der Waals surface area (Å²) in [5.74, 6) is 1.68. The summed E-state index contributed by atoms with van der Waals surface area (Å²) in [5, 5.41) is 7.05. The number of fused-ring (bicyclic) bond motifs is 1. The molecule has 0 aliphatic carbocycles. The van der Waals surface area contributed by atoms with Gasteiger partial charge in [0.1, 0.15) is 17.0 Å². The van der Waals surface area contributed by atoms with Gasteiger partial charge in [-0.25, -0.2) is 5.10 Å². The highest BCUT2D eigenvalue weighted by Gasteiger charge is 2.30. The summed E-state index contributed by atoms with van der Waals surface area (Å²) in [7, 11) is 3.91. The van der Waals surface area contributed by atoms with Crippen LogP contribution < -0.4 is 16.0 Å². The lowest BCUT2D eigenvalue weighted by Gasteiger charge is -2.14. The minimum Gasteiger partial charge on any atom is -0.457 e. The Balaban J connectivity index is 1.44. The molecule has 1 amide bonds. The summed E-state index contributed by atoms with van der Waals surface area (Å²) in [5.41, 5.74) is 8.22. The van der Waals surface area contributed by atoms with Crippen LogP contribution in [0.3, 0.4) is 0 Å². The number of nitrogens with two attached hydrogens (primary N) is 1. The van der Waals surface area contributed by atoms with Gasteiger partial charge in [-0.05, 0) is 62.5 Å². The van der Waals surface area contributed by atoms with Gasteiger partial charge in [-0.3, -0.25) is 9.59 Å². The van der Waals surface area contributed by atoms with E-state index in [1.54, 1.807) is 6.08 Å². The van der Waals surface area contributed by atoms with Crippen molar-refractivity contribution < 1.29 is 9.53 Å². The minimum atomic E-state index is -0.294. The van der Waals surface area contributed by atoms with Crippen molar-refractivity contribution in [1.29, 1.82) is 0 Å². The maximum atomic E-state index is 12.9. The highest BCUT2D eigenvalue weighted by molar-refractivity contribution is 5.93. The van der Waals surface area contributed by atoms with Crippen LogP contribution in [-0.2, 0) is 4.79 Å². The molecule has 0 spiro atoms. The van der Waals surface area contributed by atoms with E-state index < -0.39 is 0 Å². The minimum absolute atomic E-state index is 0.0125. The molecule has 1 aliphatic heterocycles. The Morgan fingerprint density at radius 1 is 1.16 bits per heavy atom. The van der Waals surface area contributed by atoms with Crippen molar-refractivity contribution in [2.24, 2.45) is 0 Å². The van der Waals surface area contributed by atoms with Gasteiger partial charge in [-0.1, -0.05) is 24.3 Å². The summed E-state index contributed by atoms with van der Waals surface area (Å²) in [6, 6.07) is 17.2. The van der Waals surface area contributed by atoms with Crippen LogP contribution in [0.5, 0.6) is 11.5 Å². The molecule has 0 bridgehead atoms. The molecular formula is C28H30N6O3. The van der Waals surface area contributed by atoms with Gasteiger partial charge < -0.3 is 24.8 Å². The molecule has 9 heteroatoms. The molecule has 37 heavy (non-hydrogen) atoms. The lowest BCUT2D eigenvalue weighted by Crippen LogP contribution is -2.27. The molecule has 2 aromatic carbocycles. The summed E-state index contributed by atoms with van der Waals surface area (Å²) >= 11 is 0. The number of nitrogen functional groups attached to an aromatic ring is 1. The number of benzene rings is 2. The highest BCUT2D eigenvalue weighted by atomic mass is 16.5. The van der Waals surface area contributed by atoms with Crippen molar-refractivity contribution in [3.8, 4) is 17.2 Å². The largest absolute Gasteiger partial charge is 0.457 e. The molecule has 3 heterocycles. The fourth-order valence-electron chi connectivity index (χ4n) is 4.73. The van der Waals surface area contributed by atoms with Gasteiger partial charge in [0.2, 0.25) is 5.91 Å². The fraction of sp³-hybridized carbons (Fsp3) is 0.250. The number of carbonyl (C=O) groups excluding carboxylic acids is 1. The third kappa shape index (κ3) is 5.12. The second kappa shape index (κ2) is 10.3. The number of anilines is 1. The van der Waals surface area contributed by atoms with Crippen LogP contribution in [0.1, 0.15) is 17.9 Å². The van der Waals surface area contributed by atoms with Gasteiger partial charge in [0.05, 0.1) is 5.39 Å². The van der Waals surface area contributed by atoms with Crippen LogP contribution in [0.15, 0.2) is 77.7 Å². The quantitative estimate of drug-likeness (QED) is 0.378. The predicted molar refractivity (Wildman–Crippen MR) is 144 cm³/mol. The zero-order valence-electron chi connectivity index (χ0n) is 20.9. The van der Waals surface area contributed by atoms with E-state index in [1.807, 2.05) is 95.3 Å². The number of nitrogens with one attached hydrogen (secondary N) is 1. The summed E-state index contributed by atoms with van der Waals surface area (Å²) in [6.45, 7) is 1.87. The lowest BCUT2D eigenvalue weighted by molar-refractivity contribution is -0.125. The first-order valence-corrected chi connectivity index (χ1v) is 12.2. The van der Waals surface area contributed by atoms with E-state index in [4.69, 9.17) is 10.5 Å². The summed E-state index contributed by atoms with van der Waals surface area (Å²) < 4.78 is 7.81. The molecule has 190 valence electrons. The normalized spacial score (nSPS) is 15.8. The number of hydrogen-bond acceptors (Lipinski definition) is 6. The Morgan fingerprint density at radius 2 is 1.89 bits per heavy atom. The Kier molecular flexibility index (Phi) is 6.78. The third-order valence-electron chi connectivity index (χ3n) is 6.55. The summed E-state index contributed by atoms with van der Waals surface area (Å²) in [6.07, 6.45) is 6.20. The second-order valence-electron chi connectivity index (χ2n) is 9.46. The van der Waals surface area contributed by atoms with Gasteiger partial charge in [-0.2, -0.15) is 5.10 Å². The van der Waals surface area contributed by atoms with Crippen LogP contribution >= 0.6 is 0 Å². The number of H-pyrrole nitrogens is 1. The van der Waals surface area contributed by atoms with Gasteiger partial charge in [-0.15, -0.1) is 0 Å². The SMILES string of the molecule is CN(C)C/C=C/C(=O)N1CCC(c2cn(-c3ccc(Oc4ccccc4)cc3)c3c(N)n[nH]c(=O)c23)C1. The van der Waals surface area contributed by atoms with Crippen LogP contribution in [0, 0.1) is 0 Å². The average molecular weight is 499 g/mol. The maximum Gasteiger partial charge on any atom is 0.274 e. The van der Waals surface area contributed by atoms with Crippen molar-refractivity contribution in [2.45, 2.75) is 12.3 Å². The number of likely N-dealkylation sites (N-methyl/N-ethyl adjacent to an activating group) is 1. The summed E-state index contributed by atoms with van der Waals surface area (Å²) in [4.78, 5) is 29.4. The number of para-hydroxylation sites is 1.